The number of hydrogen-bond acceptors (Lipinski definition) is 5. The minimum absolute atomic E-state index is 0.0913. The lowest BCUT2D eigenvalue weighted by Gasteiger charge is -2.14. The summed E-state index contributed by atoms with van der Waals surface area (Å²) in [5, 5.41) is 6.14. The molecule has 1 aromatic carbocycles. The monoisotopic (exact) mass is 408 g/mol. The first-order valence-electron chi connectivity index (χ1n) is 10.0. The summed E-state index contributed by atoms with van der Waals surface area (Å²) in [6.45, 7) is 2.26. The number of fused-ring (bicyclic) bond motifs is 1. The fourth-order valence-electron chi connectivity index (χ4n) is 3.58. The lowest BCUT2D eigenvalue weighted by atomic mass is 10.1. The van der Waals surface area contributed by atoms with Crippen molar-refractivity contribution in [3.05, 3.63) is 53.6 Å². The fourth-order valence-corrected chi connectivity index (χ4v) is 3.58. The maximum Gasteiger partial charge on any atom is 0.253 e. The number of rotatable bonds is 7. The molecule has 0 aliphatic carbocycles. The number of aromatic nitrogens is 3. The van der Waals surface area contributed by atoms with Gasteiger partial charge in [0.2, 0.25) is 0 Å². The second-order valence-electron chi connectivity index (χ2n) is 7.59. The molecule has 0 spiro atoms. The zero-order valence-corrected chi connectivity index (χ0v) is 17.1. The first kappa shape index (κ1) is 20.0. The molecule has 2 aromatic heterocycles. The Labute approximate surface area is 174 Å². The summed E-state index contributed by atoms with van der Waals surface area (Å²) in [6.07, 6.45) is 3.28. The van der Waals surface area contributed by atoms with Crippen LogP contribution in [0.5, 0.6) is 0 Å². The Bertz CT molecular complexity index is 1060. The number of carbonyl (C=O) groups is 1. The third-order valence-electron chi connectivity index (χ3n) is 5.07. The molecule has 1 amide bonds. The number of benzene rings is 1. The molecule has 3 heterocycles. The van der Waals surface area contributed by atoms with E-state index in [4.69, 9.17) is 0 Å². The maximum absolute atomic E-state index is 14.8. The van der Waals surface area contributed by atoms with Gasteiger partial charge in [0.25, 0.3) is 5.91 Å². The largest absolute Gasteiger partial charge is 0.384 e. The Morgan fingerprint density at radius 1 is 1.27 bits per heavy atom. The number of carbonyl (C=O) groups excluding carboxylic acids is 1. The summed E-state index contributed by atoms with van der Waals surface area (Å²) in [6, 6.07) is 8.46. The number of aromatic amines is 1. The highest BCUT2D eigenvalue weighted by Crippen LogP contribution is 2.30. The van der Waals surface area contributed by atoms with Gasteiger partial charge in [0.1, 0.15) is 5.82 Å². The van der Waals surface area contributed by atoms with Crippen molar-refractivity contribution >= 4 is 11.6 Å². The average molecular weight is 408 g/mol. The molecule has 0 radical (unpaired) electrons. The molecule has 3 N–H and O–H groups in total. The van der Waals surface area contributed by atoms with Gasteiger partial charge < -0.3 is 20.5 Å². The Hall–Kier alpha value is -3.26. The van der Waals surface area contributed by atoms with Crippen LogP contribution in [0.1, 0.15) is 22.5 Å². The van der Waals surface area contributed by atoms with Crippen LogP contribution in [-0.4, -0.2) is 59.5 Å². The Morgan fingerprint density at radius 3 is 2.93 bits per heavy atom. The van der Waals surface area contributed by atoms with Crippen molar-refractivity contribution in [2.24, 2.45) is 0 Å². The topological polar surface area (TPSA) is 85.9 Å². The molecule has 1 aliphatic rings. The van der Waals surface area contributed by atoms with E-state index in [0.717, 1.165) is 30.8 Å². The Morgan fingerprint density at radius 2 is 2.13 bits per heavy atom. The third-order valence-corrected chi connectivity index (χ3v) is 5.07. The first-order chi connectivity index (χ1) is 14.5. The van der Waals surface area contributed by atoms with Gasteiger partial charge in [0, 0.05) is 37.1 Å². The highest BCUT2D eigenvalue weighted by molar-refractivity contribution is 5.97. The van der Waals surface area contributed by atoms with Gasteiger partial charge in [0.15, 0.2) is 5.82 Å². The molecule has 3 aromatic rings. The quantitative estimate of drug-likeness (QED) is 0.524. The van der Waals surface area contributed by atoms with E-state index in [1.54, 1.807) is 24.4 Å². The lowest BCUT2D eigenvalue weighted by molar-refractivity contribution is 0.0946. The summed E-state index contributed by atoms with van der Waals surface area (Å²) >= 11 is 0. The van der Waals surface area contributed by atoms with Crippen molar-refractivity contribution in [1.82, 2.24) is 25.2 Å². The first-order valence-corrected chi connectivity index (χ1v) is 10.0. The molecule has 0 bridgehead atoms. The molecule has 4 rings (SSSR count). The molecule has 156 valence electrons. The van der Waals surface area contributed by atoms with Crippen molar-refractivity contribution in [2.75, 3.05) is 39.0 Å². The zero-order chi connectivity index (χ0) is 21.1. The van der Waals surface area contributed by atoms with E-state index in [-0.39, 0.29) is 11.7 Å². The van der Waals surface area contributed by atoms with Gasteiger partial charge in [-0.1, -0.05) is 6.07 Å². The van der Waals surface area contributed by atoms with Crippen LogP contribution in [0.15, 0.2) is 36.5 Å². The minimum Gasteiger partial charge on any atom is -0.384 e. The van der Waals surface area contributed by atoms with Gasteiger partial charge in [-0.3, -0.25) is 4.79 Å². The number of H-pyrrole nitrogens is 1. The standard InChI is InChI=1S/C22H25FN6O/c1-29(2)12-4-9-24-18-6-3-5-15(23)20(18)21-25-10-8-17(28-21)19-13-14-16(27-19)7-11-26-22(14)30/h3,5-6,8,10,13,24,27H,4,7,9,11-12H2,1-2H3,(H,26,30). The van der Waals surface area contributed by atoms with Gasteiger partial charge in [-0.15, -0.1) is 0 Å². The Balaban J connectivity index is 1.64. The zero-order valence-electron chi connectivity index (χ0n) is 17.1. The molecule has 30 heavy (non-hydrogen) atoms. The van der Waals surface area contributed by atoms with E-state index in [1.807, 2.05) is 20.2 Å². The van der Waals surface area contributed by atoms with E-state index >= 15 is 0 Å². The van der Waals surface area contributed by atoms with Crippen LogP contribution < -0.4 is 10.6 Å². The number of nitrogens with one attached hydrogen (secondary N) is 3. The third kappa shape index (κ3) is 4.18. The highest BCUT2D eigenvalue weighted by Gasteiger charge is 2.21. The number of hydrogen-bond donors (Lipinski definition) is 3. The molecule has 7 nitrogen and oxygen atoms in total. The number of anilines is 1. The SMILES string of the molecule is CN(C)CCCNc1cccc(F)c1-c1nccc(-c2cc3c([nH]2)CCNC3=O)n1. The minimum atomic E-state index is -0.380. The summed E-state index contributed by atoms with van der Waals surface area (Å²) in [4.78, 5) is 26.3. The summed E-state index contributed by atoms with van der Waals surface area (Å²) in [7, 11) is 4.05. The van der Waals surface area contributed by atoms with Gasteiger partial charge >= 0.3 is 0 Å². The van der Waals surface area contributed by atoms with E-state index in [2.05, 4.69) is 30.5 Å². The van der Waals surface area contributed by atoms with E-state index < -0.39 is 0 Å². The van der Waals surface area contributed by atoms with Crippen molar-refractivity contribution < 1.29 is 9.18 Å². The second-order valence-corrected chi connectivity index (χ2v) is 7.59. The fraction of sp³-hybridized carbons (Fsp3) is 0.318. The van der Waals surface area contributed by atoms with E-state index in [1.165, 1.54) is 6.07 Å². The van der Waals surface area contributed by atoms with Crippen LogP contribution in [0.3, 0.4) is 0 Å². The highest BCUT2D eigenvalue weighted by atomic mass is 19.1. The van der Waals surface area contributed by atoms with Gasteiger partial charge in [-0.05, 0) is 51.3 Å². The van der Waals surface area contributed by atoms with Crippen LogP contribution in [-0.2, 0) is 6.42 Å². The average Bonchev–Trinajstić information content (AvgIpc) is 3.17. The number of amides is 1. The smallest absolute Gasteiger partial charge is 0.253 e. The van der Waals surface area contributed by atoms with Crippen LogP contribution in [0, 0.1) is 5.82 Å². The molecule has 0 saturated carbocycles. The molecule has 0 fully saturated rings. The summed E-state index contributed by atoms with van der Waals surface area (Å²) in [5.41, 5.74) is 3.87. The van der Waals surface area contributed by atoms with Crippen LogP contribution in [0.4, 0.5) is 10.1 Å². The molecule has 0 saturated heterocycles. The summed E-state index contributed by atoms with van der Waals surface area (Å²) in [5.74, 6) is -0.168. The van der Waals surface area contributed by atoms with E-state index in [0.29, 0.717) is 41.4 Å². The van der Waals surface area contributed by atoms with Gasteiger partial charge in [-0.25, -0.2) is 14.4 Å². The number of nitrogens with zero attached hydrogens (tertiary/aromatic N) is 3. The Kier molecular flexibility index (Phi) is 5.76. The van der Waals surface area contributed by atoms with Crippen molar-refractivity contribution in [1.29, 1.82) is 0 Å². The molecular formula is C22H25FN6O. The molecule has 0 atom stereocenters. The molecule has 0 unspecified atom stereocenters. The van der Waals surface area contributed by atoms with Crippen molar-refractivity contribution in [3.63, 3.8) is 0 Å². The van der Waals surface area contributed by atoms with Crippen LogP contribution >= 0.6 is 0 Å². The van der Waals surface area contributed by atoms with Gasteiger partial charge in [0.05, 0.1) is 22.5 Å². The number of halogens is 1. The molecule has 1 aliphatic heterocycles. The van der Waals surface area contributed by atoms with Gasteiger partial charge in [-0.2, -0.15) is 0 Å². The van der Waals surface area contributed by atoms with E-state index in [9.17, 15) is 9.18 Å². The predicted octanol–water partition coefficient (Wildman–Crippen LogP) is 2.93. The molecular weight excluding hydrogens is 383 g/mol. The van der Waals surface area contributed by atoms with Crippen LogP contribution in [0.2, 0.25) is 0 Å². The van der Waals surface area contributed by atoms with Crippen molar-refractivity contribution in [2.45, 2.75) is 12.8 Å². The summed E-state index contributed by atoms with van der Waals surface area (Å²) < 4.78 is 14.8. The maximum atomic E-state index is 14.8. The lowest BCUT2D eigenvalue weighted by Crippen LogP contribution is -2.31. The second kappa shape index (κ2) is 8.62. The van der Waals surface area contributed by atoms with Crippen LogP contribution in [0.25, 0.3) is 22.8 Å². The normalized spacial score (nSPS) is 13.3. The van der Waals surface area contributed by atoms with Crippen molar-refractivity contribution in [3.8, 4) is 22.8 Å². The molecule has 8 heteroatoms. The predicted molar refractivity (Wildman–Crippen MR) is 115 cm³/mol.